The van der Waals surface area contributed by atoms with Gasteiger partial charge in [0.2, 0.25) is 0 Å². The van der Waals surface area contributed by atoms with Crippen molar-refractivity contribution in [1.82, 2.24) is 9.97 Å². The number of quaternary nitrogens is 1. The highest BCUT2D eigenvalue weighted by Gasteiger charge is 2.40. The molecule has 3 heterocycles. The maximum atomic E-state index is 12.5. The Hall–Kier alpha value is -3.05. The molecule has 26 heavy (non-hydrogen) atoms. The van der Waals surface area contributed by atoms with Gasteiger partial charge in [-0.15, -0.1) is 0 Å². The average molecular weight is 346 g/mol. The molecule has 130 valence electrons. The lowest BCUT2D eigenvalue weighted by Gasteiger charge is -2.36. The molecule has 4 rings (SSSR count). The zero-order valence-corrected chi connectivity index (χ0v) is 14.6. The van der Waals surface area contributed by atoms with Crippen LogP contribution in [0.25, 0.3) is 11.8 Å². The molecular weight excluding hydrogens is 326 g/mol. The molecule has 1 unspecified atom stereocenters. The van der Waals surface area contributed by atoms with Crippen LogP contribution in [-0.4, -0.2) is 33.6 Å². The molecule has 0 amide bonds. The van der Waals surface area contributed by atoms with Crippen LogP contribution >= 0.6 is 0 Å². The molecule has 2 aromatic rings. The summed E-state index contributed by atoms with van der Waals surface area (Å²) < 4.78 is 5.64. The van der Waals surface area contributed by atoms with Crippen molar-refractivity contribution >= 4 is 17.7 Å². The first-order chi connectivity index (χ1) is 12.7. The number of hydrogen-bond acceptors (Lipinski definition) is 4. The molecule has 1 aliphatic carbocycles. The normalized spacial score (nSPS) is 20.0. The molecule has 2 aliphatic rings. The fraction of sp³-hybridized carbons (Fsp3) is 0.190. The van der Waals surface area contributed by atoms with Gasteiger partial charge >= 0.3 is 5.97 Å². The summed E-state index contributed by atoms with van der Waals surface area (Å²) in [6.45, 7) is 3.06. The van der Waals surface area contributed by atoms with Crippen LogP contribution in [0, 0.1) is 0 Å². The summed E-state index contributed by atoms with van der Waals surface area (Å²) >= 11 is 0. The molecule has 0 bridgehead atoms. The maximum absolute atomic E-state index is 12.5. The van der Waals surface area contributed by atoms with Crippen LogP contribution < -0.4 is 10.6 Å². The molecular formula is C21H20N3O2+. The molecule has 0 radical (unpaired) electrons. The van der Waals surface area contributed by atoms with E-state index in [1.807, 2.05) is 31.2 Å². The number of aromatic nitrogens is 2. The smallest absolute Gasteiger partial charge is 0.362 e. The van der Waals surface area contributed by atoms with Crippen LogP contribution in [0.3, 0.4) is 0 Å². The summed E-state index contributed by atoms with van der Waals surface area (Å²) in [6, 6.07) is 7.95. The Morgan fingerprint density at radius 2 is 2.04 bits per heavy atom. The summed E-state index contributed by atoms with van der Waals surface area (Å²) in [5, 5.41) is 2.01. The quantitative estimate of drug-likeness (QED) is 0.607. The van der Waals surface area contributed by atoms with E-state index in [0.29, 0.717) is 17.6 Å². The molecule has 0 saturated carbocycles. The monoisotopic (exact) mass is 346 g/mol. The molecule has 0 aromatic carbocycles. The largest absolute Gasteiger partial charge is 0.462 e. The molecule has 5 heteroatoms. The van der Waals surface area contributed by atoms with Gasteiger partial charge < -0.3 is 4.74 Å². The maximum Gasteiger partial charge on any atom is 0.362 e. The first kappa shape index (κ1) is 16.4. The van der Waals surface area contributed by atoms with E-state index >= 15 is 0 Å². The predicted molar refractivity (Wildman–Crippen MR) is 98.3 cm³/mol. The van der Waals surface area contributed by atoms with Crippen molar-refractivity contribution in [3.8, 4) is 0 Å². The number of allylic oxidation sites excluding steroid dienone is 2. The zero-order valence-electron chi connectivity index (χ0n) is 14.6. The number of fused-ring (bicyclic) bond motifs is 2. The summed E-state index contributed by atoms with van der Waals surface area (Å²) in [4.78, 5) is 21.2. The summed E-state index contributed by atoms with van der Waals surface area (Å²) in [7, 11) is 0. The minimum absolute atomic E-state index is 0.218. The van der Waals surface area contributed by atoms with Crippen molar-refractivity contribution in [3.05, 3.63) is 82.9 Å². The molecule has 2 aromatic heterocycles. The van der Waals surface area contributed by atoms with Crippen molar-refractivity contribution in [2.24, 2.45) is 0 Å². The van der Waals surface area contributed by atoms with Gasteiger partial charge in [0.15, 0.2) is 12.2 Å². The third-order valence-corrected chi connectivity index (χ3v) is 4.67. The Kier molecular flexibility index (Phi) is 4.22. The van der Waals surface area contributed by atoms with Crippen molar-refractivity contribution in [2.45, 2.75) is 13.5 Å². The van der Waals surface area contributed by atoms with Gasteiger partial charge in [0.1, 0.15) is 18.1 Å². The Balaban J connectivity index is 1.88. The number of hydrogen-bond donors (Lipinski definition) is 0. The summed E-state index contributed by atoms with van der Waals surface area (Å²) in [5.41, 5.74) is 3.25. The second-order valence-electron chi connectivity index (χ2n) is 6.41. The third-order valence-electron chi connectivity index (χ3n) is 4.67. The Bertz CT molecular complexity index is 1020. The Morgan fingerprint density at radius 1 is 1.19 bits per heavy atom. The molecule has 0 spiro atoms. The van der Waals surface area contributed by atoms with Crippen molar-refractivity contribution in [2.75, 3.05) is 13.2 Å². The van der Waals surface area contributed by atoms with Crippen molar-refractivity contribution < 1.29 is 14.0 Å². The van der Waals surface area contributed by atoms with E-state index in [4.69, 9.17) is 4.74 Å². The van der Waals surface area contributed by atoms with Crippen LogP contribution in [-0.2, 0) is 16.1 Å². The highest BCUT2D eigenvalue weighted by Crippen LogP contribution is 2.34. The second-order valence-corrected chi connectivity index (χ2v) is 6.41. The van der Waals surface area contributed by atoms with E-state index in [1.165, 1.54) is 0 Å². The van der Waals surface area contributed by atoms with Crippen LogP contribution in [0.5, 0.6) is 0 Å². The van der Waals surface area contributed by atoms with Crippen LogP contribution in [0.1, 0.15) is 12.5 Å². The van der Waals surface area contributed by atoms with Crippen LogP contribution in [0.2, 0.25) is 0 Å². The van der Waals surface area contributed by atoms with Crippen LogP contribution in [0.15, 0.2) is 66.8 Å². The van der Waals surface area contributed by atoms with E-state index in [9.17, 15) is 4.79 Å². The van der Waals surface area contributed by atoms with Crippen molar-refractivity contribution in [1.29, 1.82) is 0 Å². The zero-order chi connectivity index (χ0) is 18.0. The highest BCUT2D eigenvalue weighted by atomic mass is 16.5. The average Bonchev–Trinajstić information content (AvgIpc) is 3.03. The fourth-order valence-electron chi connectivity index (χ4n) is 3.66. The lowest BCUT2D eigenvalue weighted by molar-refractivity contribution is -0.815. The first-order valence-electron chi connectivity index (χ1n) is 8.71. The van der Waals surface area contributed by atoms with E-state index < -0.39 is 0 Å². The molecule has 0 saturated heterocycles. The topological polar surface area (TPSA) is 52.1 Å². The number of carbonyl (C=O) groups is 1. The number of nitrogens with zero attached hydrogens (tertiary/aromatic N) is 3. The molecule has 0 fully saturated rings. The fourth-order valence-corrected chi connectivity index (χ4v) is 3.66. The van der Waals surface area contributed by atoms with E-state index in [-0.39, 0.29) is 12.5 Å². The Labute approximate surface area is 151 Å². The van der Waals surface area contributed by atoms with Gasteiger partial charge in [-0.3, -0.25) is 4.98 Å². The second kappa shape index (κ2) is 6.69. The number of ether oxygens (including phenoxy) is 1. The van der Waals surface area contributed by atoms with Crippen LogP contribution in [0.4, 0.5) is 0 Å². The van der Waals surface area contributed by atoms with E-state index in [1.54, 1.807) is 18.6 Å². The SMILES string of the molecule is CCOC(=O)C[N+]1(Cc2ccncc2)C=CC=C2C=c3cccnc3=C21. The Morgan fingerprint density at radius 3 is 2.85 bits per heavy atom. The predicted octanol–water partition coefficient (Wildman–Crippen LogP) is 1.41. The number of carbonyl (C=O) groups excluding carboxylic acids is 1. The molecule has 0 N–H and O–H groups in total. The van der Waals surface area contributed by atoms with Gasteiger partial charge in [-0.2, -0.15) is 0 Å². The number of esters is 1. The highest BCUT2D eigenvalue weighted by molar-refractivity contribution is 5.80. The lowest BCUT2D eigenvalue weighted by atomic mass is 10.1. The number of pyridine rings is 2. The molecule has 1 atom stereocenters. The van der Waals surface area contributed by atoms with Gasteiger partial charge in [0.05, 0.1) is 6.61 Å². The minimum atomic E-state index is -0.218. The van der Waals surface area contributed by atoms with E-state index in [0.717, 1.165) is 27.4 Å². The minimum Gasteiger partial charge on any atom is -0.462 e. The van der Waals surface area contributed by atoms with Gasteiger partial charge in [0.25, 0.3) is 0 Å². The first-order valence-corrected chi connectivity index (χ1v) is 8.71. The van der Waals surface area contributed by atoms with Gasteiger partial charge in [-0.1, -0.05) is 6.07 Å². The summed E-state index contributed by atoms with van der Waals surface area (Å²) in [6.07, 6.45) is 13.6. The van der Waals surface area contributed by atoms with E-state index in [2.05, 4.69) is 34.4 Å². The molecule has 5 nitrogen and oxygen atoms in total. The standard InChI is InChI=1S/C21H20N3O2/c1-2-26-19(25)15-24(14-16-7-10-22-11-8-16)12-4-6-18-13-17-5-3-9-23-20(17)21(18)24/h3-13H,2,14-15H2,1H3/q+1. The third kappa shape index (κ3) is 2.86. The lowest BCUT2D eigenvalue weighted by Crippen LogP contribution is -2.49. The molecule has 1 aliphatic heterocycles. The van der Waals surface area contributed by atoms with Gasteiger partial charge in [-0.25, -0.2) is 14.3 Å². The van der Waals surface area contributed by atoms with Gasteiger partial charge in [-0.05, 0) is 43.4 Å². The number of rotatable bonds is 5. The van der Waals surface area contributed by atoms with Crippen molar-refractivity contribution in [3.63, 3.8) is 0 Å². The van der Waals surface area contributed by atoms with Gasteiger partial charge in [0, 0.05) is 34.9 Å². The summed E-state index contributed by atoms with van der Waals surface area (Å²) in [5.74, 6) is -0.218.